The summed E-state index contributed by atoms with van der Waals surface area (Å²) in [5, 5.41) is 0.362. The molecule has 0 aliphatic carbocycles. The molecule has 0 aromatic heterocycles. The maximum atomic E-state index is 12.2. The van der Waals surface area contributed by atoms with Crippen molar-refractivity contribution in [2.45, 2.75) is 4.90 Å². The molecule has 0 spiro atoms. The molecular weight excluding hydrogens is 464 g/mol. The maximum absolute atomic E-state index is 12.2. The molecule has 0 heterocycles. The molecule has 0 saturated heterocycles. The van der Waals surface area contributed by atoms with E-state index >= 15 is 0 Å². The summed E-state index contributed by atoms with van der Waals surface area (Å²) in [6, 6.07) is 11.5. The van der Waals surface area contributed by atoms with Crippen LogP contribution in [0.1, 0.15) is 0 Å². The summed E-state index contributed by atoms with van der Waals surface area (Å²) < 4.78 is 28.6. The minimum atomic E-state index is -3.63. The van der Waals surface area contributed by atoms with Gasteiger partial charge in [-0.25, -0.2) is 8.42 Å². The number of rotatable bonds is 3. The minimum absolute atomic E-state index is 0.186. The molecule has 100 valence electrons. The van der Waals surface area contributed by atoms with Crippen LogP contribution in [0.3, 0.4) is 0 Å². The SMILES string of the molecule is O=S(=O)(Nc1cc(I)ccc1Cl)c1ccc(Br)cc1. The highest BCUT2D eigenvalue weighted by Crippen LogP contribution is 2.26. The van der Waals surface area contributed by atoms with Gasteiger partial charge in [0.1, 0.15) is 0 Å². The van der Waals surface area contributed by atoms with Crippen LogP contribution in [0.2, 0.25) is 5.02 Å². The molecule has 19 heavy (non-hydrogen) atoms. The largest absolute Gasteiger partial charge is 0.278 e. The molecule has 2 aromatic carbocycles. The van der Waals surface area contributed by atoms with E-state index in [9.17, 15) is 8.42 Å². The van der Waals surface area contributed by atoms with Gasteiger partial charge in [-0.1, -0.05) is 27.5 Å². The average Bonchev–Trinajstić information content (AvgIpc) is 2.34. The summed E-state index contributed by atoms with van der Waals surface area (Å²) in [5.41, 5.74) is 0.372. The normalized spacial score (nSPS) is 11.3. The van der Waals surface area contributed by atoms with Crippen molar-refractivity contribution in [3.8, 4) is 0 Å². The number of hydrogen-bond donors (Lipinski definition) is 1. The molecule has 0 bridgehead atoms. The number of benzene rings is 2. The summed E-state index contributed by atoms with van der Waals surface area (Å²) in [7, 11) is -3.63. The molecular formula is C12H8BrClINO2S. The van der Waals surface area contributed by atoms with E-state index in [4.69, 9.17) is 11.6 Å². The Hall–Kier alpha value is -0.310. The summed E-state index contributed by atoms with van der Waals surface area (Å²) in [4.78, 5) is 0.186. The van der Waals surface area contributed by atoms with Gasteiger partial charge in [-0.3, -0.25) is 4.72 Å². The van der Waals surface area contributed by atoms with Gasteiger partial charge < -0.3 is 0 Å². The molecule has 2 aromatic rings. The Labute approximate surface area is 138 Å². The molecule has 0 unspecified atom stereocenters. The zero-order valence-corrected chi connectivity index (χ0v) is 14.7. The fourth-order valence-electron chi connectivity index (χ4n) is 1.39. The second-order valence-corrected chi connectivity index (χ2v) is 7.93. The van der Waals surface area contributed by atoms with Crippen LogP contribution in [0.4, 0.5) is 5.69 Å². The van der Waals surface area contributed by atoms with Crippen LogP contribution in [0.5, 0.6) is 0 Å². The van der Waals surface area contributed by atoms with Gasteiger partial charge in [0.25, 0.3) is 10.0 Å². The van der Waals surface area contributed by atoms with Gasteiger partial charge in [0, 0.05) is 8.04 Å². The summed E-state index contributed by atoms with van der Waals surface area (Å²) >= 11 is 11.3. The van der Waals surface area contributed by atoms with Crippen LogP contribution in [0.25, 0.3) is 0 Å². The van der Waals surface area contributed by atoms with E-state index in [0.29, 0.717) is 10.7 Å². The van der Waals surface area contributed by atoms with E-state index < -0.39 is 10.0 Å². The van der Waals surface area contributed by atoms with E-state index in [0.717, 1.165) is 8.04 Å². The highest BCUT2D eigenvalue weighted by Gasteiger charge is 2.15. The lowest BCUT2D eigenvalue weighted by Crippen LogP contribution is -2.13. The monoisotopic (exact) mass is 471 g/mol. The van der Waals surface area contributed by atoms with Crippen molar-refractivity contribution in [3.63, 3.8) is 0 Å². The molecule has 0 aliphatic rings. The second kappa shape index (κ2) is 5.99. The number of sulfonamides is 1. The van der Waals surface area contributed by atoms with Crippen LogP contribution >= 0.6 is 50.1 Å². The number of anilines is 1. The van der Waals surface area contributed by atoms with E-state index in [1.807, 2.05) is 0 Å². The van der Waals surface area contributed by atoms with Crippen molar-refractivity contribution in [2.75, 3.05) is 4.72 Å². The van der Waals surface area contributed by atoms with Crippen molar-refractivity contribution in [1.82, 2.24) is 0 Å². The van der Waals surface area contributed by atoms with Gasteiger partial charge in [-0.15, -0.1) is 0 Å². The number of nitrogens with one attached hydrogen (secondary N) is 1. The van der Waals surface area contributed by atoms with Gasteiger partial charge in [0.15, 0.2) is 0 Å². The zero-order valence-electron chi connectivity index (χ0n) is 9.40. The Morgan fingerprint density at radius 1 is 1.11 bits per heavy atom. The van der Waals surface area contributed by atoms with Gasteiger partial charge in [-0.05, 0) is 65.1 Å². The molecule has 2 rings (SSSR count). The lowest BCUT2D eigenvalue weighted by Gasteiger charge is -2.10. The van der Waals surface area contributed by atoms with Crippen molar-refractivity contribution < 1.29 is 8.42 Å². The Balaban J connectivity index is 2.36. The molecule has 0 radical (unpaired) electrons. The van der Waals surface area contributed by atoms with Crippen LogP contribution in [0.15, 0.2) is 51.8 Å². The second-order valence-electron chi connectivity index (χ2n) is 3.68. The smallest absolute Gasteiger partial charge is 0.261 e. The quantitative estimate of drug-likeness (QED) is 0.669. The van der Waals surface area contributed by atoms with E-state index in [2.05, 4.69) is 43.2 Å². The van der Waals surface area contributed by atoms with Crippen LogP contribution < -0.4 is 4.72 Å². The molecule has 7 heteroatoms. The lowest BCUT2D eigenvalue weighted by atomic mass is 10.3. The first-order valence-corrected chi connectivity index (χ1v) is 8.85. The molecule has 0 amide bonds. The maximum Gasteiger partial charge on any atom is 0.261 e. The zero-order chi connectivity index (χ0) is 14.0. The third-order valence-electron chi connectivity index (χ3n) is 2.30. The first-order chi connectivity index (χ1) is 8.88. The van der Waals surface area contributed by atoms with Gasteiger partial charge in [0.2, 0.25) is 0 Å². The molecule has 0 atom stereocenters. The number of halogens is 3. The molecule has 0 fully saturated rings. The van der Waals surface area contributed by atoms with E-state index in [1.165, 1.54) is 12.1 Å². The van der Waals surface area contributed by atoms with Gasteiger partial charge >= 0.3 is 0 Å². The number of hydrogen-bond acceptors (Lipinski definition) is 2. The molecule has 1 N–H and O–H groups in total. The highest BCUT2D eigenvalue weighted by molar-refractivity contribution is 14.1. The van der Waals surface area contributed by atoms with E-state index in [1.54, 1.807) is 30.3 Å². The molecule has 3 nitrogen and oxygen atoms in total. The third kappa shape index (κ3) is 3.84. The van der Waals surface area contributed by atoms with Crippen molar-refractivity contribution in [3.05, 3.63) is 55.5 Å². The summed E-state index contributed by atoms with van der Waals surface area (Å²) in [5.74, 6) is 0. The Kier molecular flexibility index (Phi) is 4.75. The first kappa shape index (κ1) is 15.1. The summed E-state index contributed by atoms with van der Waals surface area (Å²) in [6.07, 6.45) is 0. The topological polar surface area (TPSA) is 46.2 Å². The Morgan fingerprint density at radius 2 is 1.74 bits per heavy atom. The molecule has 0 aliphatic heterocycles. The fourth-order valence-corrected chi connectivity index (χ4v) is 3.44. The summed E-state index contributed by atoms with van der Waals surface area (Å²) in [6.45, 7) is 0. The van der Waals surface area contributed by atoms with Crippen molar-refractivity contribution >= 4 is 65.8 Å². The fraction of sp³-hybridized carbons (Fsp3) is 0. The van der Waals surface area contributed by atoms with Crippen LogP contribution in [-0.4, -0.2) is 8.42 Å². The Morgan fingerprint density at radius 3 is 2.37 bits per heavy atom. The minimum Gasteiger partial charge on any atom is -0.278 e. The van der Waals surface area contributed by atoms with Crippen LogP contribution in [0, 0.1) is 3.57 Å². The van der Waals surface area contributed by atoms with Gasteiger partial charge in [0.05, 0.1) is 15.6 Å². The lowest BCUT2D eigenvalue weighted by molar-refractivity contribution is 0.601. The molecule has 0 saturated carbocycles. The standard InChI is InChI=1S/C12H8BrClINO2S/c13-8-1-4-10(5-2-8)19(17,18)16-12-7-9(15)3-6-11(12)14/h1-7,16H. The van der Waals surface area contributed by atoms with Crippen molar-refractivity contribution in [2.24, 2.45) is 0 Å². The highest BCUT2D eigenvalue weighted by atomic mass is 127. The average molecular weight is 473 g/mol. The van der Waals surface area contributed by atoms with E-state index in [-0.39, 0.29) is 4.90 Å². The van der Waals surface area contributed by atoms with Crippen LogP contribution in [-0.2, 0) is 10.0 Å². The van der Waals surface area contributed by atoms with Crippen molar-refractivity contribution in [1.29, 1.82) is 0 Å². The third-order valence-corrected chi connectivity index (χ3v) is 5.21. The first-order valence-electron chi connectivity index (χ1n) is 5.12. The Bertz CT molecular complexity index is 704. The predicted molar refractivity (Wildman–Crippen MR) is 89.1 cm³/mol. The predicted octanol–water partition coefficient (Wildman–Crippen LogP) is 4.51. The van der Waals surface area contributed by atoms with Gasteiger partial charge in [-0.2, -0.15) is 0 Å².